The van der Waals surface area contributed by atoms with Gasteiger partial charge < -0.3 is 0 Å². The molecule has 0 amide bonds. The summed E-state index contributed by atoms with van der Waals surface area (Å²) in [6.45, 7) is 6.18. The van der Waals surface area contributed by atoms with Crippen LogP contribution >= 0.6 is 0 Å². The van der Waals surface area contributed by atoms with Gasteiger partial charge in [-0.25, -0.2) is 15.0 Å². The summed E-state index contributed by atoms with van der Waals surface area (Å²) in [7, 11) is 0. The molecule has 2 aliphatic carbocycles. The van der Waals surface area contributed by atoms with E-state index in [-0.39, 0.29) is 0 Å². The van der Waals surface area contributed by atoms with E-state index >= 15 is 0 Å². The molecule has 1 aromatic heterocycles. The topological polar surface area (TPSA) is 38.7 Å². The van der Waals surface area contributed by atoms with Crippen molar-refractivity contribution in [3.8, 4) is 89.8 Å². The number of rotatable bonds is 10. The molecule has 10 aromatic rings. The highest BCUT2D eigenvalue weighted by Crippen LogP contribution is 2.63. The minimum atomic E-state index is -0.512. The van der Waals surface area contributed by atoms with E-state index in [0.717, 1.165) is 61.2 Å². The highest BCUT2D eigenvalue weighted by molar-refractivity contribution is 5.96. The Bertz CT molecular complexity index is 3540. The quantitative estimate of drug-likeness (QED) is 0.101. The molecule has 0 saturated heterocycles. The second-order valence-electron chi connectivity index (χ2n) is 17.9. The molecule has 12 rings (SSSR count). The van der Waals surface area contributed by atoms with Gasteiger partial charge in [0.25, 0.3) is 0 Å². The van der Waals surface area contributed by atoms with Crippen molar-refractivity contribution in [1.29, 1.82) is 0 Å². The van der Waals surface area contributed by atoms with Crippen molar-refractivity contribution >= 4 is 5.57 Å². The first-order chi connectivity index (χ1) is 34.1. The zero-order valence-electron chi connectivity index (χ0n) is 38.3. The summed E-state index contributed by atoms with van der Waals surface area (Å²) in [6.07, 6.45) is 9.00. The van der Waals surface area contributed by atoms with Crippen LogP contribution in [0, 0.1) is 0 Å². The van der Waals surface area contributed by atoms with E-state index in [9.17, 15) is 0 Å². The standard InChI is InChI=1S/C66H47N3/c1-3-5-22-44(21-4-2)49-37-50(45-23-9-6-10-24-45)40-53(39-49)64-67-63(68-65(69-64)54-41-51(46-25-11-7-12-26-46)38-52(42-54)47-27-13-8-14-28-47)48-35-36-58-57-31-17-20-34-61(57)66(62(58)43-48)59-32-18-15-29-55(59)56-30-16-19-33-60(56)66/h3-20,22-43H,2,21H2,1H3/b5-3-,44-22+. The van der Waals surface area contributed by atoms with Gasteiger partial charge in [0, 0.05) is 16.7 Å². The zero-order valence-corrected chi connectivity index (χ0v) is 38.3. The van der Waals surface area contributed by atoms with E-state index in [1.807, 2.05) is 13.0 Å². The van der Waals surface area contributed by atoms with Gasteiger partial charge in [-0.2, -0.15) is 0 Å². The Hall–Kier alpha value is -8.79. The molecule has 0 radical (unpaired) electrons. The van der Waals surface area contributed by atoms with Crippen LogP contribution in [0.4, 0.5) is 0 Å². The third kappa shape index (κ3) is 7.19. The van der Waals surface area contributed by atoms with Crippen LogP contribution in [-0.4, -0.2) is 15.0 Å². The van der Waals surface area contributed by atoms with E-state index in [1.54, 1.807) is 0 Å². The van der Waals surface area contributed by atoms with Crippen molar-refractivity contribution in [2.75, 3.05) is 0 Å². The minimum Gasteiger partial charge on any atom is -0.208 e. The summed E-state index contributed by atoms with van der Waals surface area (Å²) in [5.41, 5.74) is 21.2. The molecule has 326 valence electrons. The van der Waals surface area contributed by atoms with Gasteiger partial charge in [0.05, 0.1) is 5.41 Å². The molecular formula is C66H47N3. The fraction of sp³-hybridized carbons (Fsp3) is 0.0455. The molecule has 0 unspecified atom stereocenters. The first-order valence-corrected chi connectivity index (χ1v) is 23.7. The van der Waals surface area contributed by atoms with Crippen molar-refractivity contribution in [3.05, 3.63) is 277 Å². The first-order valence-electron chi connectivity index (χ1n) is 23.7. The fourth-order valence-corrected chi connectivity index (χ4v) is 10.7. The zero-order chi connectivity index (χ0) is 46.3. The molecule has 9 aromatic carbocycles. The summed E-state index contributed by atoms with van der Waals surface area (Å²) < 4.78 is 0. The van der Waals surface area contributed by atoms with Gasteiger partial charge in [-0.1, -0.05) is 200 Å². The number of aromatic nitrogens is 3. The van der Waals surface area contributed by atoms with Crippen LogP contribution in [0.2, 0.25) is 0 Å². The Kier molecular flexibility index (Phi) is 10.5. The largest absolute Gasteiger partial charge is 0.208 e. The second kappa shape index (κ2) is 17.5. The Morgan fingerprint density at radius 1 is 0.391 bits per heavy atom. The smallest absolute Gasteiger partial charge is 0.164 e. The van der Waals surface area contributed by atoms with Crippen LogP contribution in [0.25, 0.3) is 95.4 Å². The van der Waals surface area contributed by atoms with E-state index in [1.165, 1.54) is 44.5 Å². The van der Waals surface area contributed by atoms with Gasteiger partial charge in [0.1, 0.15) is 0 Å². The average Bonchev–Trinajstić information content (AvgIpc) is 3.89. The maximum atomic E-state index is 5.51. The van der Waals surface area contributed by atoms with Crippen molar-refractivity contribution in [2.24, 2.45) is 0 Å². The number of hydrogen-bond acceptors (Lipinski definition) is 3. The minimum absolute atomic E-state index is 0.512. The van der Waals surface area contributed by atoms with Crippen molar-refractivity contribution < 1.29 is 0 Å². The normalized spacial score (nSPS) is 13.0. The molecule has 0 N–H and O–H groups in total. The number of fused-ring (bicyclic) bond motifs is 10. The van der Waals surface area contributed by atoms with Gasteiger partial charge in [-0.3, -0.25) is 0 Å². The number of hydrogen-bond donors (Lipinski definition) is 0. The number of benzene rings is 9. The summed E-state index contributed by atoms with van der Waals surface area (Å²) in [6, 6.07) is 78.8. The third-order valence-corrected chi connectivity index (χ3v) is 13.8. The Morgan fingerprint density at radius 3 is 1.26 bits per heavy atom. The summed E-state index contributed by atoms with van der Waals surface area (Å²) in [5, 5.41) is 0. The van der Waals surface area contributed by atoms with Crippen LogP contribution in [0.1, 0.15) is 41.2 Å². The third-order valence-electron chi connectivity index (χ3n) is 13.8. The fourth-order valence-electron chi connectivity index (χ4n) is 10.7. The molecule has 0 fully saturated rings. The van der Waals surface area contributed by atoms with E-state index < -0.39 is 5.41 Å². The SMILES string of the molecule is C=CC/C(=C\C=C/C)c1cc(-c2ccccc2)cc(-c2nc(-c3cc(-c4ccccc4)cc(-c4ccccc4)c3)nc(-c3ccc4c(c3)C3(c5ccccc5-c5ccccc53)c3ccccc3-4)n2)c1. The maximum Gasteiger partial charge on any atom is 0.164 e. The molecule has 0 aliphatic heterocycles. The van der Waals surface area contributed by atoms with Gasteiger partial charge in [-0.15, -0.1) is 6.58 Å². The van der Waals surface area contributed by atoms with Crippen LogP contribution in [0.15, 0.2) is 249 Å². The van der Waals surface area contributed by atoms with Crippen molar-refractivity contribution in [2.45, 2.75) is 18.8 Å². The average molecular weight is 882 g/mol. The van der Waals surface area contributed by atoms with Gasteiger partial charge in [0.15, 0.2) is 17.5 Å². The van der Waals surface area contributed by atoms with Gasteiger partial charge in [-0.05, 0) is 145 Å². The molecule has 2 aliphatic rings. The lowest BCUT2D eigenvalue weighted by Crippen LogP contribution is -2.25. The monoisotopic (exact) mass is 881 g/mol. The van der Waals surface area contributed by atoms with Crippen molar-refractivity contribution in [3.63, 3.8) is 0 Å². The molecule has 3 heteroatoms. The van der Waals surface area contributed by atoms with Crippen LogP contribution < -0.4 is 0 Å². The predicted molar refractivity (Wildman–Crippen MR) is 286 cm³/mol. The first kappa shape index (κ1) is 41.6. The number of nitrogens with zero attached hydrogens (tertiary/aromatic N) is 3. The Labute approximate surface area is 404 Å². The number of allylic oxidation sites excluding steroid dienone is 5. The second-order valence-corrected chi connectivity index (χ2v) is 17.9. The molecule has 69 heavy (non-hydrogen) atoms. The van der Waals surface area contributed by atoms with Gasteiger partial charge in [0.2, 0.25) is 0 Å². The molecule has 0 bridgehead atoms. The van der Waals surface area contributed by atoms with Crippen LogP contribution in [0.3, 0.4) is 0 Å². The summed E-state index contributed by atoms with van der Waals surface area (Å²) in [4.78, 5) is 16.5. The van der Waals surface area contributed by atoms with E-state index in [0.29, 0.717) is 23.9 Å². The van der Waals surface area contributed by atoms with Crippen LogP contribution in [-0.2, 0) is 5.41 Å². The molecule has 1 heterocycles. The van der Waals surface area contributed by atoms with Gasteiger partial charge >= 0.3 is 0 Å². The Morgan fingerprint density at radius 2 is 0.783 bits per heavy atom. The molecule has 3 nitrogen and oxygen atoms in total. The lowest BCUT2D eigenvalue weighted by molar-refractivity contribution is 0.794. The van der Waals surface area contributed by atoms with E-state index in [2.05, 4.69) is 243 Å². The summed E-state index contributed by atoms with van der Waals surface area (Å²) in [5.74, 6) is 1.80. The lowest BCUT2D eigenvalue weighted by Gasteiger charge is -2.30. The Balaban J connectivity index is 1.13. The molecule has 0 atom stereocenters. The highest BCUT2D eigenvalue weighted by Gasteiger charge is 2.51. The summed E-state index contributed by atoms with van der Waals surface area (Å²) >= 11 is 0. The molecule has 1 spiro atoms. The lowest BCUT2D eigenvalue weighted by atomic mass is 9.70. The van der Waals surface area contributed by atoms with E-state index in [4.69, 9.17) is 15.0 Å². The maximum absolute atomic E-state index is 5.51. The highest BCUT2D eigenvalue weighted by atomic mass is 15.0. The molecular weight excluding hydrogens is 835 g/mol. The molecule has 0 saturated carbocycles. The van der Waals surface area contributed by atoms with Crippen molar-refractivity contribution in [1.82, 2.24) is 15.0 Å². The van der Waals surface area contributed by atoms with Crippen LogP contribution in [0.5, 0.6) is 0 Å². The predicted octanol–water partition coefficient (Wildman–Crippen LogP) is 16.8.